The second kappa shape index (κ2) is 8.30. The number of methoxy groups -OCH3 is 2. The molecule has 0 heterocycles. The van der Waals surface area contributed by atoms with Crippen LogP contribution >= 0.6 is 0 Å². The van der Waals surface area contributed by atoms with E-state index in [9.17, 15) is 18.0 Å². The summed E-state index contributed by atoms with van der Waals surface area (Å²) in [4.78, 5) is 23.1. The van der Waals surface area contributed by atoms with Gasteiger partial charge in [0.25, 0.3) is 10.2 Å². The monoisotopic (exact) mass is 324 g/mol. The molecular weight excluding hydrogens is 300 g/mol. The van der Waals surface area contributed by atoms with Crippen LogP contribution in [0.2, 0.25) is 0 Å². The predicted molar refractivity (Wildman–Crippen MR) is 76.5 cm³/mol. The third-order valence-electron chi connectivity index (χ3n) is 2.81. The Morgan fingerprint density at radius 3 is 1.29 bits per heavy atom. The Kier molecular flexibility index (Phi) is 7.83. The summed E-state index contributed by atoms with van der Waals surface area (Å²) in [5.74, 6) is -2.03. The molecule has 0 saturated carbocycles. The fourth-order valence-corrected chi connectivity index (χ4v) is 3.01. The first kappa shape index (κ1) is 19.8. The molecule has 0 fully saturated rings. The van der Waals surface area contributed by atoms with Crippen molar-refractivity contribution in [1.29, 1.82) is 0 Å². The third kappa shape index (κ3) is 6.40. The average molecular weight is 324 g/mol. The van der Waals surface area contributed by atoms with Crippen molar-refractivity contribution in [3.63, 3.8) is 0 Å². The number of hydrogen-bond acceptors (Lipinski definition) is 6. The second-order valence-electron chi connectivity index (χ2n) is 5.23. The number of esters is 2. The molecule has 0 amide bonds. The van der Waals surface area contributed by atoms with Gasteiger partial charge in [-0.2, -0.15) is 17.9 Å². The molecule has 0 rings (SSSR count). The average Bonchev–Trinajstić information content (AvgIpc) is 2.40. The zero-order valence-corrected chi connectivity index (χ0v) is 14.0. The highest BCUT2D eigenvalue weighted by Crippen LogP contribution is 2.08. The molecule has 0 aliphatic rings. The lowest BCUT2D eigenvalue weighted by Crippen LogP contribution is -2.54. The van der Waals surface area contributed by atoms with Crippen LogP contribution in [-0.4, -0.2) is 46.7 Å². The van der Waals surface area contributed by atoms with Crippen LogP contribution in [-0.2, 0) is 29.3 Å². The Hall–Kier alpha value is -1.19. The van der Waals surface area contributed by atoms with E-state index < -0.39 is 34.2 Å². The molecule has 0 unspecified atom stereocenters. The topological polar surface area (TPSA) is 111 Å². The Balaban J connectivity index is 5.11. The van der Waals surface area contributed by atoms with Crippen LogP contribution in [0.1, 0.15) is 27.7 Å². The molecule has 0 radical (unpaired) electrons. The minimum Gasteiger partial charge on any atom is -0.468 e. The van der Waals surface area contributed by atoms with Crippen LogP contribution < -0.4 is 9.44 Å². The Bertz CT molecular complexity index is 424. The molecule has 0 aromatic carbocycles. The molecular formula is C12H24N2O6S. The number of rotatable bonds is 8. The van der Waals surface area contributed by atoms with E-state index in [1.54, 1.807) is 27.7 Å². The maximum atomic E-state index is 12.1. The van der Waals surface area contributed by atoms with Gasteiger partial charge in [0.1, 0.15) is 12.1 Å². The van der Waals surface area contributed by atoms with Crippen molar-refractivity contribution in [1.82, 2.24) is 9.44 Å². The quantitative estimate of drug-likeness (QED) is 0.599. The molecule has 2 atom stereocenters. The number of carbonyl (C=O) groups excluding carboxylic acids is 2. The third-order valence-corrected chi connectivity index (χ3v) is 3.94. The molecule has 0 aliphatic carbocycles. The lowest BCUT2D eigenvalue weighted by atomic mass is 10.1. The van der Waals surface area contributed by atoms with Crippen molar-refractivity contribution in [2.75, 3.05) is 14.2 Å². The van der Waals surface area contributed by atoms with E-state index in [4.69, 9.17) is 0 Å². The molecule has 0 saturated heterocycles. The summed E-state index contributed by atoms with van der Waals surface area (Å²) in [6.07, 6.45) is 0. The van der Waals surface area contributed by atoms with Crippen molar-refractivity contribution in [3.8, 4) is 0 Å². The highest BCUT2D eigenvalue weighted by molar-refractivity contribution is 7.87. The summed E-state index contributed by atoms with van der Waals surface area (Å²) in [5, 5.41) is 0. The first-order valence-corrected chi connectivity index (χ1v) is 7.99. The summed E-state index contributed by atoms with van der Waals surface area (Å²) >= 11 is 0. The van der Waals surface area contributed by atoms with E-state index in [0.29, 0.717) is 0 Å². The smallest absolute Gasteiger partial charge is 0.324 e. The lowest BCUT2D eigenvalue weighted by Gasteiger charge is -2.23. The fourth-order valence-electron chi connectivity index (χ4n) is 1.53. The zero-order chi connectivity index (χ0) is 16.8. The predicted octanol–water partition coefficient (Wildman–Crippen LogP) is -0.194. The summed E-state index contributed by atoms with van der Waals surface area (Å²) in [6, 6.07) is -2.09. The van der Waals surface area contributed by atoms with Crippen molar-refractivity contribution in [2.45, 2.75) is 39.8 Å². The van der Waals surface area contributed by atoms with E-state index in [1.807, 2.05) is 0 Å². The largest absolute Gasteiger partial charge is 0.468 e. The number of hydrogen-bond donors (Lipinski definition) is 2. The molecule has 0 aliphatic heterocycles. The minimum atomic E-state index is -4.08. The van der Waals surface area contributed by atoms with E-state index in [2.05, 4.69) is 18.9 Å². The summed E-state index contributed by atoms with van der Waals surface area (Å²) in [6.45, 7) is 6.68. The van der Waals surface area contributed by atoms with E-state index >= 15 is 0 Å². The van der Waals surface area contributed by atoms with E-state index in [0.717, 1.165) is 0 Å². The molecule has 0 bridgehead atoms. The normalized spacial score (nSPS) is 14.9. The van der Waals surface area contributed by atoms with Crippen LogP contribution in [0.15, 0.2) is 0 Å². The lowest BCUT2D eigenvalue weighted by molar-refractivity contribution is -0.144. The Morgan fingerprint density at radius 1 is 0.810 bits per heavy atom. The van der Waals surface area contributed by atoms with E-state index in [1.165, 1.54) is 14.2 Å². The number of nitrogens with one attached hydrogen (secondary N) is 2. The fraction of sp³-hybridized carbons (Fsp3) is 0.833. The van der Waals surface area contributed by atoms with Gasteiger partial charge in [-0.1, -0.05) is 27.7 Å². The van der Waals surface area contributed by atoms with Gasteiger partial charge in [0.2, 0.25) is 0 Å². The molecule has 124 valence electrons. The highest BCUT2D eigenvalue weighted by atomic mass is 32.2. The van der Waals surface area contributed by atoms with Crippen LogP contribution in [0, 0.1) is 11.8 Å². The molecule has 2 N–H and O–H groups in total. The SMILES string of the molecule is COC(=O)[C@H](NS(=O)(=O)N[C@@H](C(=O)OC)C(C)C)C(C)C. The minimum absolute atomic E-state index is 0.315. The summed E-state index contributed by atoms with van der Waals surface area (Å²) in [7, 11) is -1.74. The highest BCUT2D eigenvalue weighted by Gasteiger charge is 2.32. The Labute approximate surface area is 125 Å². The van der Waals surface area contributed by atoms with Crippen molar-refractivity contribution in [3.05, 3.63) is 0 Å². The first-order valence-electron chi connectivity index (χ1n) is 6.51. The van der Waals surface area contributed by atoms with Gasteiger partial charge in [0, 0.05) is 0 Å². The Morgan fingerprint density at radius 2 is 1.10 bits per heavy atom. The number of carbonyl (C=O) groups is 2. The van der Waals surface area contributed by atoms with Crippen LogP contribution in [0.5, 0.6) is 0 Å². The second-order valence-corrected chi connectivity index (χ2v) is 6.71. The van der Waals surface area contributed by atoms with Crippen molar-refractivity contribution < 1.29 is 27.5 Å². The maximum absolute atomic E-state index is 12.1. The summed E-state index contributed by atoms with van der Waals surface area (Å²) < 4.78 is 37.6. The van der Waals surface area contributed by atoms with Gasteiger partial charge in [-0.05, 0) is 11.8 Å². The van der Waals surface area contributed by atoms with Gasteiger partial charge in [0.05, 0.1) is 14.2 Å². The summed E-state index contributed by atoms with van der Waals surface area (Å²) in [5.41, 5.74) is 0. The molecule has 0 spiro atoms. The van der Waals surface area contributed by atoms with Gasteiger partial charge in [-0.15, -0.1) is 0 Å². The van der Waals surface area contributed by atoms with Gasteiger partial charge >= 0.3 is 11.9 Å². The van der Waals surface area contributed by atoms with Crippen LogP contribution in [0.3, 0.4) is 0 Å². The standard InChI is InChI=1S/C12H24N2O6S/c1-7(2)9(11(15)19-5)13-21(17,18)14-10(8(3)4)12(16)20-6/h7-10,13-14H,1-6H3/t9-,10-/m1/s1. The molecule has 8 nitrogen and oxygen atoms in total. The number of ether oxygens (including phenoxy) is 2. The van der Waals surface area contributed by atoms with E-state index in [-0.39, 0.29) is 11.8 Å². The molecule has 0 aromatic rings. The first-order chi connectivity index (χ1) is 9.55. The zero-order valence-electron chi connectivity index (χ0n) is 13.2. The molecule has 9 heteroatoms. The van der Waals surface area contributed by atoms with Gasteiger partial charge in [0.15, 0.2) is 0 Å². The van der Waals surface area contributed by atoms with Crippen LogP contribution in [0.25, 0.3) is 0 Å². The van der Waals surface area contributed by atoms with Gasteiger partial charge in [-0.25, -0.2) is 0 Å². The van der Waals surface area contributed by atoms with Crippen molar-refractivity contribution in [2.24, 2.45) is 11.8 Å². The van der Waals surface area contributed by atoms with Crippen molar-refractivity contribution >= 4 is 22.1 Å². The van der Waals surface area contributed by atoms with Gasteiger partial charge < -0.3 is 9.47 Å². The molecule has 0 aromatic heterocycles. The maximum Gasteiger partial charge on any atom is 0.324 e. The van der Waals surface area contributed by atoms with Crippen LogP contribution in [0.4, 0.5) is 0 Å². The molecule has 21 heavy (non-hydrogen) atoms. The van der Waals surface area contributed by atoms with Gasteiger partial charge in [-0.3, -0.25) is 9.59 Å².